The molecule has 1 aliphatic rings. The molecule has 3 amide bonds. The number of H-pyrrole nitrogens is 1. The number of halogens is 1. The van der Waals surface area contributed by atoms with Crippen LogP contribution in [0.3, 0.4) is 0 Å². The molecule has 2 heterocycles. The van der Waals surface area contributed by atoms with Gasteiger partial charge in [0.1, 0.15) is 5.82 Å². The molecule has 0 spiro atoms. The first kappa shape index (κ1) is 18.9. The molecule has 0 saturated carbocycles. The van der Waals surface area contributed by atoms with Gasteiger partial charge in [-0.05, 0) is 65.7 Å². The van der Waals surface area contributed by atoms with Crippen LogP contribution in [0.5, 0.6) is 0 Å². The Morgan fingerprint density at radius 1 is 1.14 bits per heavy atom. The number of nitrogens with one attached hydrogen (secondary N) is 3. The Labute approximate surface area is 169 Å². The van der Waals surface area contributed by atoms with Crippen molar-refractivity contribution in [3.63, 3.8) is 0 Å². The Morgan fingerprint density at radius 2 is 1.93 bits per heavy atom. The van der Waals surface area contributed by atoms with E-state index in [9.17, 15) is 18.8 Å². The molecule has 8 heteroatoms. The number of aromatic amines is 1. The van der Waals surface area contributed by atoms with Crippen LogP contribution in [-0.2, 0) is 11.2 Å². The topological polar surface area (TPSA) is 91.1 Å². The molecule has 1 aliphatic heterocycles. The first-order valence-electron chi connectivity index (χ1n) is 8.88. The number of thioether (sulfide) groups is 1. The number of rotatable bonds is 5. The summed E-state index contributed by atoms with van der Waals surface area (Å²) >= 11 is 0.847. The minimum atomic E-state index is -0.418. The van der Waals surface area contributed by atoms with Gasteiger partial charge in [-0.25, -0.2) is 4.39 Å². The average Bonchev–Trinajstić information content (AvgIpc) is 3.24. The van der Waals surface area contributed by atoms with E-state index in [-0.39, 0.29) is 11.7 Å². The fourth-order valence-electron chi connectivity index (χ4n) is 3.07. The predicted octanol–water partition coefficient (Wildman–Crippen LogP) is 3.60. The second-order valence-corrected chi connectivity index (χ2v) is 7.50. The molecule has 0 atom stereocenters. The molecule has 6 nitrogen and oxygen atoms in total. The first-order chi connectivity index (χ1) is 14.0. The van der Waals surface area contributed by atoms with Crippen LogP contribution < -0.4 is 10.6 Å². The van der Waals surface area contributed by atoms with Gasteiger partial charge >= 0.3 is 0 Å². The standard InChI is InChI=1S/C21H16FN3O3S/c22-15-5-6-17-16(10-15)14(11-24-17)7-8-23-19(26)13-3-1-12(2-4-13)9-18-20(27)25-21(28)29-18/h1-6,9-11,24H,7-8H2,(H,23,26)(H,25,27,28). The number of amides is 3. The maximum absolute atomic E-state index is 13.4. The summed E-state index contributed by atoms with van der Waals surface area (Å²) in [6.45, 7) is 0.410. The third kappa shape index (κ3) is 4.22. The van der Waals surface area contributed by atoms with Gasteiger partial charge in [-0.3, -0.25) is 19.7 Å². The third-order valence-corrected chi connectivity index (χ3v) is 5.33. The van der Waals surface area contributed by atoms with Gasteiger partial charge in [0.2, 0.25) is 0 Å². The van der Waals surface area contributed by atoms with Crippen molar-refractivity contribution in [2.75, 3.05) is 6.54 Å². The maximum Gasteiger partial charge on any atom is 0.290 e. The summed E-state index contributed by atoms with van der Waals surface area (Å²) in [6.07, 6.45) is 3.99. The van der Waals surface area contributed by atoms with E-state index in [4.69, 9.17) is 0 Å². The molecular formula is C21H16FN3O3S. The molecular weight excluding hydrogens is 393 g/mol. The summed E-state index contributed by atoms with van der Waals surface area (Å²) < 4.78 is 13.4. The third-order valence-electron chi connectivity index (χ3n) is 4.52. The van der Waals surface area contributed by atoms with E-state index in [0.29, 0.717) is 23.4 Å². The first-order valence-corrected chi connectivity index (χ1v) is 9.70. The van der Waals surface area contributed by atoms with Crippen LogP contribution in [-0.4, -0.2) is 28.6 Å². The molecule has 3 aromatic rings. The summed E-state index contributed by atoms with van der Waals surface area (Å²) in [4.78, 5) is 38.5. The van der Waals surface area contributed by atoms with Gasteiger partial charge in [0, 0.05) is 29.2 Å². The van der Waals surface area contributed by atoms with E-state index < -0.39 is 11.1 Å². The SMILES string of the molecule is O=C1NC(=O)C(=Cc2ccc(C(=O)NCCc3c[nH]c4ccc(F)cc34)cc2)S1. The molecule has 0 radical (unpaired) electrons. The monoisotopic (exact) mass is 409 g/mol. The molecule has 4 rings (SSSR count). The van der Waals surface area contributed by atoms with Crippen molar-refractivity contribution >= 4 is 45.8 Å². The van der Waals surface area contributed by atoms with E-state index in [1.165, 1.54) is 12.1 Å². The van der Waals surface area contributed by atoms with Crippen LogP contribution >= 0.6 is 11.8 Å². The van der Waals surface area contributed by atoms with Crippen LogP contribution in [0.15, 0.2) is 53.6 Å². The number of hydrogen-bond acceptors (Lipinski definition) is 4. The fourth-order valence-corrected chi connectivity index (χ4v) is 3.76. The van der Waals surface area contributed by atoms with E-state index in [1.807, 2.05) is 6.20 Å². The van der Waals surface area contributed by atoms with Crippen LogP contribution in [0.4, 0.5) is 9.18 Å². The Balaban J connectivity index is 1.36. The number of hydrogen-bond donors (Lipinski definition) is 3. The molecule has 146 valence electrons. The summed E-state index contributed by atoms with van der Waals surface area (Å²) in [5.74, 6) is -0.937. The highest BCUT2D eigenvalue weighted by Crippen LogP contribution is 2.25. The molecule has 1 saturated heterocycles. The van der Waals surface area contributed by atoms with Gasteiger partial charge in [-0.1, -0.05) is 12.1 Å². The summed E-state index contributed by atoms with van der Waals surface area (Å²) in [5.41, 5.74) is 2.99. The maximum atomic E-state index is 13.4. The van der Waals surface area contributed by atoms with Crippen molar-refractivity contribution in [3.05, 3.63) is 76.1 Å². The van der Waals surface area contributed by atoms with Gasteiger partial charge < -0.3 is 10.3 Å². The predicted molar refractivity (Wildman–Crippen MR) is 110 cm³/mol. The van der Waals surface area contributed by atoms with Crippen LogP contribution in [0.2, 0.25) is 0 Å². The molecule has 0 bridgehead atoms. The molecule has 3 N–H and O–H groups in total. The molecule has 0 unspecified atom stereocenters. The number of benzene rings is 2. The molecule has 1 aromatic heterocycles. The zero-order chi connectivity index (χ0) is 20.4. The van der Waals surface area contributed by atoms with Crippen molar-refractivity contribution in [2.45, 2.75) is 6.42 Å². The van der Waals surface area contributed by atoms with Gasteiger partial charge in [0.05, 0.1) is 4.91 Å². The zero-order valence-corrected chi connectivity index (χ0v) is 15.9. The lowest BCUT2D eigenvalue weighted by molar-refractivity contribution is -0.115. The second-order valence-electron chi connectivity index (χ2n) is 6.48. The smallest absolute Gasteiger partial charge is 0.290 e. The van der Waals surface area contributed by atoms with Gasteiger partial charge in [-0.2, -0.15) is 0 Å². The molecule has 1 fully saturated rings. The van der Waals surface area contributed by atoms with Crippen molar-refractivity contribution < 1.29 is 18.8 Å². The van der Waals surface area contributed by atoms with Crippen molar-refractivity contribution in [1.29, 1.82) is 0 Å². The molecule has 0 aliphatic carbocycles. The van der Waals surface area contributed by atoms with Crippen molar-refractivity contribution in [3.8, 4) is 0 Å². The summed E-state index contributed by atoms with van der Waals surface area (Å²) in [5, 5.41) is 5.46. The largest absolute Gasteiger partial charge is 0.361 e. The highest BCUT2D eigenvalue weighted by atomic mass is 32.2. The van der Waals surface area contributed by atoms with E-state index in [0.717, 1.165) is 33.8 Å². The summed E-state index contributed by atoms with van der Waals surface area (Å²) in [7, 11) is 0. The lowest BCUT2D eigenvalue weighted by Crippen LogP contribution is -2.25. The lowest BCUT2D eigenvalue weighted by Gasteiger charge is -2.05. The molecule has 2 aromatic carbocycles. The minimum Gasteiger partial charge on any atom is -0.361 e. The van der Waals surface area contributed by atoms with Crippen molar-refractivity contribution in [2.24, 2.45) is 0 Å². The Hall–Kier alpha value is -3.39. The number of aromatic nitrogens is 1. The second kappa shape index (κ2) is 7.92. The highest BCUT2D eigenvalue weighted by Gasteiger charge is 2.24. The van der Waals surface area contributed by atoms with Gasteiger partial charge in [0.15, 0.2) is 0 Å². The van der Waals surface area contributed by atoms with E-state index in [2.05, 4.69) is 15.6 Å². The van der Waals surface area contributed by atoms with Gasteiger partial charge in [0.25, 0.3) is 17.1 Å². The zero-order valence-electron chi connectivity index (χ0n) is 15.1. The Kier molecular flexibility index (Phi) is 5.18. The van der Waals surface area contributed by atoms with Crippen LogP contribution in [0.25, 0.3) is 17.0 Å². The number of fused-ring (bicyclic) bond motifs is 1. The number of carbonyl (C=O) groups is 3. The van der Waals surface area contributed by atoms with Crippen LogP contribution in [0, 0.1) is 5.82 Å². The normalized spacial score (nSPS) is 15.1. The fraction of sp³-hybridized carbons (Fsp3) is 0.0952. The molecule has 29 heavy (non-hydrogen) atoms. The summed E-state index contributed by atoms with van der Waals surface area (Å²) in [6, 6.07) is 11.3. The number of imide groups is 1. The lowest BCUT2D eigenvalue weighted by atomic mass is 10.1. The van der Waals surface area contributed by atoms with Crippen molar-refractivity contribution in [1.82, 2.24) is 15.6 Å². The minimum absolute atomic E-state index is 0.224. The van der Waals surface area contributed by atoms with E-state index in [1.54, 1.807) is 36.4 Å². The van der Waals surface area contributed by atoms with Gasteiger partial charge in [-0.15, -0.1) is 0 Å². The Morgan fingerprint density at radius 3 is 2.66 bits per heavy atom. The Bertz CT molecular complexity index is 1150. The quantitative estimate of drug-likeness (QED) is 0.562. The average molecular weight is 409 g/mol. The van der Waals surface area contributed by atoms with Crippen LogP contribution in [0.1, 0.15) is 21.5 Å². The highest BCUT2D eigenvalue weighted by molar-refractivity contribution is 8.18. The van der Waals surface area contributed by atoms with E-state index >= 15 is 0 Å². The number of carbonyl (C=O) groups excluding carboxylic acids is 3.